The van der Waals surface area contributed by atoms with Crippen molar-refractivity contribution in [3.8, 4) is 0 Å². The molecule has 0 saturated heterocycles. The van der Waals surface area contributed by atoms with Gasteiger partial charge in [-0.1, -0.05) is 0 Å². The Kier molecular flexibility index (Phi) is 4.17. The van der Waals surface area contributed by atoms with Gasteiger partial charge >= 0.3 is 5.97 Å². The number of carbonyl (C=O) groups excluding carboxylic acids is 1. The van der Waals surface area contributed by atoms with E-state index in [1.807, 2.05) is 0 Å². The fourth-order valence-electron chi connectivity index (χ4n) is 1.15. The minimum atomic E-state index is -1.25. The molecule has 0 aliphatic carbocycles. The zero-order valence-electron chi connectivity index (χ0n) is 9.36. The largest absolute Gasteiger partial charge is 0.478 e. The topological polar surface area (TPSA) is 75.6 Å². The zero-order valence-corrected chi connectivity index (χ0v) is 9.36. The highest BCUT2D eigenvalue weighted by atomic mass is 19.1. The summed E-state index contributed by atoms with van der Waals surface area (Å²) in [5.74, 6) is -2.42. The number of hydrogen-bond donors (Lipinski definition) is 2. The van der Waals surface area contributed by atoms with Gasteiger partial charge in [0.15, 0.2) is 0 Å². The van der Waals surface area contributed by atoms with Crippen molar-refractivity contribution in [3.63, 3.8) is 0 Å². The van der Waals surface area contributed by atoms with Crippen molar-refractivity contribution in [3.05, 3.63) is 29.6 Å². The first-order chi connectivity index (χ1) is 7.95. The van der Waals surface area contributed by atoms with E-state index >= 15 is 0 Å². The van der Waals surface area contributed by atoms with Gasteiger partial charge in [0.2, 0.25) is 0 Å². The Morgan fingerprint density at radius 1 is 1.47 bits per heavy atom. The molecule has 1 rings (SSSR count). The lowest BCUT2D eigenvalue weighted by molar-refractivity contribution is -0.124. The van der Waals surface area contributed by atoms with Crippen LogP contribution in [0, 0.1) is 5.82 Å². The Morgan fingerprint density at radius 2 is 2.12 bits per heavy atom. The van der Waals surface area contributed by atoms with Crippen LogP contribution in [0.25, 0.3) is 0 Å². The quantitative estimate of drug-likeness (QED) is 0.837. The standard InChI is InChI=1S/C11H12FNO4/c1-6(17-2)10(14)13-9-5-7(12)3-4-8(9)11(15)16/h3-6H,1-2H3,(H,13,14)(H,15,16). The average molecular weight is 241 g/mol. The molecule has 1 aromatic rings. The lowest BCUT2D eigenvalue weighted by Crippen LogP contribution is -2.27. The van der Waals surface area contributed by atoms with E-state index in [2.05, 4.69) is 5.32 Å². The maximum Gasteiger partial charge on any atom is 0.337 e. The predicted octanol–water partition coefficient (Wildman–Crippen LogP) is 1.50. The van der Waals surface area contributed by atoms with Crippen molar-refractivity contribution in [1.29, 1.82) is 0 Å². The highest BCUT2D eigenvalue weighted by Gasteiger charge is 2.16. The minimum absolute atomic E-state index is 0.0913. The van der Waals surface area contributed by atoms with E-state index in [1.54, 1.807) is 0 Å². The average Bonchev–Trinajstić information content (AvgIpc) is 2.27. The Morgan fingerprint density at radius 3 is 2.65 bits per heavy atom. The maximum absolute atomic E-state index is 13.0. The molecular weight excluding hydrogens is 229 g/mol. The molecule has 0 bridgehead atoms. The van der Waals surface area contributed by atoms with Gasteiger partial charge in [-0.2, -0.15) is 0 Å². The van der Waals surface area contributed by atoms with Crippen molar-refractivity contribution >= 4 is 17.6 Å². The second-order valence-electron chi connectivity index (χ2n) is 3.36. The first kappa shape index (κ1) is 13.1. The lowest BCUT2D eigenvalue weighted by Gasteiger charge is -2.12. The summed E-state index contributed by atoms with van der Waals surface area (Å²) in [4.78, 5) is 22.3. The molecule has 1 amide bonds. The molecular formula is C11H12FNO4. The summed E-state index contributed by atoms with van der Waals surface area (Å²) >= 11 is 0. The summed E-state index contributed by atoms with van der Waals surface area (Å²) in [5, 5.41) is 11.2. The number of aromatic carboxylic acids is 1. The number of amides is 1. The van der Waals surface area contributed by atoms with Crippen LogP contribution in [0.4, 0.5) is 10.1 Å². The molecule has 0 heterocycles. The van der Waals surface area contributed by atoms with E-state index in [4.69, 9.17) is 9.84 Å². The molecule has 1 atom stereocenters. The third-order valence-corrected chi connectivity index (χ3v) is 2.19. The zero-order chi connectivity index (χ0) is 13.0. The molecule has 17 heavy (non-hydrogen) atoms. The fourth-order valence-corrected chi connectivity index (χ4v) is 1.15. The SMILES string of the molecule is COC(C)C(=O)Nc1cc(F)ccc1C(=O)O. The molecule has 0 spiro atoms. The summed E-state index contributed by atoms with van der Waals surface area (Å²) in [7, 11) is 1.34. The lowest BCUT2D eigenvalue weighted by atomic mass is 10.1. The molecule has 0 radical (unpaired) electrons. The minimum Gasteiger partial charge on any atom is -0.478 e. The number of methoxy groups -OCH3 is 1. The Hall–Kier alpha value is -1.95. The normalized spacial score (nSPS) is 11.9. The number of ether oxygens (including phenoxy) is 1. The number of carboxylic acids is 1. The van der Waals surface area contributed by atoms with Crippen molar-refractivity contribution in [2.45, 2.75) is 13.0 Å². The maximum atomic E-state index is 13.0. The number of anilines is 1. The third-order valence-electron chi connectivity index (χ3n) is 2.19. The Labute approximate surface area is 97.2 Å². The van der Waals surface area contributed by atoms with Gasteiger partial charge in [0.05, 0.1) is 11.3 Å². The van der Waals surface area contributed by atoms with E-state index in [0.717, 1.165) is 18.2 Å². The highest BCUT2D eigenvalue weighted by molar-refractivity contribution is 6.01. The first-order valence-corrected chi connectivity index (χ1v) is 4.82. The van der Waals surface area contributed by atoms with Gasteiger partial charge in [0.25, 0.3) is 5.91 Å². The molecule has 2 N–H and O–H groups in total. The van der Waals surface area contributed by atoms with E-state index in [9.17, 15) is 14.0 Å². The molecule has 92 valence electrons. The summed E-state index contributed by atoms with van der Waals surface area (Å²) in [5.41, 5.74) is -0.269. The van der Waals surface area contributed by atoms with Gasteiger partial charge in [-0.3, -0.25) is 4.79 Å². The number of hydrogen-bond acceptors (Lipinski definition) is 3. The van der Waals surface area contributed by atoms with Gasteiger partial charge in [-0.05, 0) is 25.1 Å². The van der Waals surface area contributed by atoms with E-state index in [0.29, 0.717) is 0 Å². The van der Waals surface area contributed by atoms with Crippen LogP contribution >= 0.6 is 0 Å². The second-order valence-corrected chi connectivity index (χ2v) is 3.36. The number of rotatable bonds is 4. The molecule has 0 fully saturated rings. The smallest absolute Gasteiger partial charge is 0.337 e. The summed E-state index contributed by atoms with van der Waals surface area (Å²) in [6.07, 6.45) is -0.750. The van der Waals surface area contributed by atoms with Crippen LogP contribution in [-0.2, 0) is 9.53 Å². The molecule has 6 heteroatoms. The van der Waals surface area contributed by atoms with Gasteiger partial charge in [-0.25, -0.2) is 9.18 Å². The fraction of sp³-hybridized carbons (Fsp3) is 0.273. The van der Waals surface area contributed by atoms with Crippen LogP contribution in [0.2, 0.25) is 0 Å². The van der Waals surface area contributed by atoms with Crippen LogP contribution in [0.5, 0.6) is 0 Å². The molecule has 0 saturated carbocycles. The van der Waals surface area contributed by atoms with E-state index in [-0.39, 0.29) is 11.3 Å². The number of carboxylic acid groups (broad SMARTS) is 1. The van der Waals surface area contributed by atoms with Gasteiger partial charge in [-0.15, -0.1) is 0 Å². The van der Waals surface area contributed by atoms with E-state index < -0.39 is 23.8 Å². The third kappa shape index (κ3) is 3.25. The van der Waals surface area contributed by atoms with Gasteiger partial charge in [0.1, 0.15) is 11.9 Å². The van der Waals surface area contributed by atoms with Crippen molar-refractivity contribution < 1.29 is 23.8 Å². The molecule has 0 aliphatic heterocycles. The predicted molar refractivity (Wildman–Crippen MR) is 58.5 cm³/mol. The molecule has 1 aromatic carbocycles. The van der Waals surface area contributed by atoms with Crippen LogP contribution in [0.3, 0.4) is 0 Å². The number of carbonyl (C=O) groups is 2. The van der Waals surface area contributed by atoms with Crippen molar-refractivity contribution in [1.82, 2.24) is 0 Å². The second kappa shape index (κ2) is 5.40. The van der Waals surface area contributed by atoms with Crippen LogP contribution in [0.15, 0.2) is 18.2 Å². The van der Waals surface area contributed by atoms with Gasteiger partial charge in [0, 0.05) is 7.11 Å². The molecule has 5 nitrogen and oxygen atoms in total. The molecule has 1 unspecified atom stereocenters. The summed E-state index contributed by atoms with van der Waals surface area (Å²) in [6.45, 7) is 1.50. The van der Waals surface area contributed by atoms with Crippen LogP contribution in [-0.4, -0.2) is 30.2 Å². The highest BCUT2D eigenvalue weighted by Crippen LogP contribution is 2.17. The number of nitrogens with one attached hydrogen (secondary N) is 1. The summed E-state index contributed by atoms with van der Waals surface area (Å²) < 4.78 is 17.7. The van der Waals surface area contributed by atoms with Crippen molar-refractivity contribution in [2.24, 2.45) is 0 Å². The first-order valence-electron chi connectivity index (χ1n) is 4.82. The number of halogens is 1. The summed E-state index contributed by atoms with van der Waals surface area (Å²) in [6, 6.07) is 3.05. The van der Waals surface area contributed by atoms with Crippen molar-refractivity contribution in [2.75, 3.05) is 12.4 Å². The van der Waals surface area contributed by atoms with Crippen LogP contribution in [0.1, 0.15) is 17.3 Å². The molecule has 0 aromatic heterocycles. The Balaban J connectivity index is 3.00. The monoisotopic (exact) mass is 241 g/mol. The Bertz CT molecular complexity index is 447. The van der Waals surface area contributed by atoms with Gasteiger partial charge < -0.3 is 15.2 Å². The van der Waals surface area contributed by atoms with E-state index in [1.165, 1.54) is 14.0 Å². The van der Waals surface area contributed by atoms with Crippen LogP contribution < -0.4 is 5.32 Å². The molecule has 0 aliphatic rings. The number of benzene rings is 1.